The summed E-state index contributed by atoms with van der Waals surface area (Å²) in [7, 11) is -3.61. The summed E-state index contributed by atoms with van der Waals surface area (Å²) in [6.07, 6.45) is 20.1. The van der Waals surface area contributed by atoms with Crippen molar-refractivity contribution in [3.05, 3.63) is 280 Å². The standard InChI is InChI=1S/C29H36N6O3S.C27H31FN6O2.2C24H21F2N5O3/c1-20-7-8-23(39(37,38)35-14-3-2-4-15-35)17-24(20)26-10-9-25(31)29(33-26)28(36)16-21-18-32-12-11-27(21)34-13-5-6-22(30)19-34;1-16(2)32-27(36)17-5-6-21(28)20(12-17)23-8-7-22(30)26(33-23)25(35)13-18-14-31-10-9-24(18)34-11-3-4-19(29)15-34;2*25-14-2-1-3-15(26)22(14)17-5-4-16(27)23(29-17)20(32)10-13-11-28-8-6-19(13)31-9-7-21-18(12-31)30-24(33)34-21/h7-12,17-18,22H,2-6,13-16,19,30-31H2,1H3;5-10,12,14,16,19H,3-4,11,13,15,29-30H2,1-2H3,(H,32,36);2*1-6,8,11,18,21H,7,9-10,12,27H2,(H,30,33)/t22-;19-;2*18-,21+/m0010/s1. The van der Waals surface area contributed by atoms with Crippen molar-refractivity contribution >= 4 is 96.7 Å². The second-order valence-corrected chi connectivity index (χ2v) is 38.4. The Labute approximate surface area is 822 Å². The third-order valence-corrected chi connectivity index (χ3v) is 27.9. The Hall–Kier alpha value is -15.4. The van der Waals surface area contributed by atoms with Gasteiger partial charge in [-0.1, -0.05) is 24.6 Å². The van der Waals surface area contributed by atoms with Crippen LogP contribution < -0.4 is 70.0 Å². The number of nitrogens with two attached hydrogens (primary N) is 6. The lowest BCUT2D eigenvalue weighted by atomic mass is 9.99. The SMILES string of the molecule is CC(C)NC(=O)c1ccc(F)c(-c2ccc(N)c(C(=O)Cc3cnccc3N3CCC[C@H](N)C3)n2)c1.Cc1ccc(S(=O)(=O)N2CCCCC2)cc1-c1ccc(N)c(C(=O)Cc2cnccc2N2CCC[C@H](N)C2)n1.Nc1ccc(-c2c(F)cccc2F)nc1C(=O)Cc1cnccc1N1CC[C@@H]2OC(=O)N[C@@H]2C1.Nc1ccc(-c2c(F)cccc2F)nc1C(=O)Cc1cnccc1N1CC[C@H]2OC(=O)N[C@H]2C1. The number of Topliss-reactive ketones (excluding diaryl/α,β-unsaturated/α-hetero) is 4. The minimum Gasteiger partial charge on any atom is -0.444 e. The highest BCUT2D eigenvalue weighted by Gasteiger charge is 2.42. The van der Waals surface area contributed by atoms with Crippen LogP contribution in [-0.4, -0.2) is 202 Å². The van der Waals surface area contributed by atoms with Crippen molar-refractivity contribution in [3.8, 4) is 45.0 Å². The van der Waals surface area contributed by atoms with Crippen molar-refractivity contribution < 1.29 is 73.4 Å². The summed E-state index contributed by atoms with van der Waals surface area (Å²) in [5.41, 5.74) is 45.8. The molecule has 12 aromatic rings. The highest BCUT2D eigenvalue weighted by molar-refractivity contribution is 7.89. The summed E-state index contributed by atoms with van der Waals surface area (Å²) in [6, 6.07) is 35.5. The Balaban J connectivity index is 0.000000137. The first-order chi connectivity index (χ1) is 68.8. The number of carbonyl (C=O) groups is 7. The number of fused-ring (bicyclic) bond motifs is 2. The first kappa shape index (κ1) is 101. The highest BCUT2D eigenvalue weighted by atomic mass is 32.2. The number of aromatic nitrogens is 8. The summed E-state index contributed by atoms with van der Waals surface area (Å²) in [5.74, 6) is -5.34. The predicted molar refractivity (Wildman–Crippen MR) is 532 cm³/mol. The number of aryl methyl sites for hydroxylation is 1. The largest absolute Gasteiger partial charge is 0.444 e. The second kappa shape index (κ2) is 44.6. The average molecular weight is 1970 g/mol. The number of ether oxygens (including phenoxy) is 2. The van der Waals surface area contributed by atoms with Gasteiger partial charge in [0.2, 0.25) is 10.0 Å². The van der Waals surface area contributed by atoms with Gasteiger partial charge in [0.25, 0.3) is 5.91 Å². The van der Waals surface area contributed by atoms with Gasteiger partial charge in [-0.2, -0.15) is 4.31 Å². The van der Waals surface area contributed by atoms with E-state index in [1.165, 1.54) is 60.7 Å². The van der Waals surface area contributed by atoms with Crippen LogP contribution in [0.5, 0.6) is 0 Å². The molecule has 15 N–H and O–H groups in total. The molecule has 7 aliphatic heterocycles. The minimum absolute atomic E-state index is 0.0152. The molecule has 4 aromatic carbocycles. The summed E-state index contributed by atoms with van der Waals surface area (Å²) in [5, 5.41) is 8.40. The van der Waals surface area contributed by atoms with E-state index in [2.05, 4.69) is 75.4 Å². The number of alkyl carbamates (subject to hydrolysis) is 2. The number of sulfonamides is 1. The van der Waals surface area contributed by atoms with Gasteiger partial charge in [-0.05, 0) is 192 Å². The number of piperidine rings is 5. The van der Waals surface area contributed by atoms with E-state index >= 15 is 0 Å². The monoisotopic (exact) mass is 1970 g/mol. The van der Waals surface area contributed by atoms with E-state index in [0.717, 1.165) is 128 Å². The van der Waals surface area contributed by atoms with Gasteiger partial charge >= 0.3 is 12.2 Å². The molecule has 7 saturated heterocycles. The number of nitrogen functional groups attached to an aromatic ring is 4. The van der Waals surface area contributed by atoms with Gasteiger partial charge in [0.05, 0.1) is 73.6 Å². The van der Waals surface area contributed by atoms with Crippen LogP contribution in [0.3, 0.4) is 0 Å². The number of rotatable bonds is 24. The Morgan fingerprint density at radius 1 is 0.427 bits per heavy atom. The Bertz CT molecular complexity index is 6710. The number of nitrogens with zero attached hydrogens (tertiary/aromatic N) is 13. The lowest BCUT2D eigenvalue weighted by molar-refractivity contribution is 0.0939. The number of ketones is 4. The number of pyridine rings is 8. The zero-order valence-electron chi connectivity index (χ0n) is 78.8. The Morgan fingerprint density at radius 3 is 1.18 bits per heavy atom. The zero-order valence-corrected chi connectivity index (χ0v) is 79.7. The molecule has 7 aliphatic rings. The van der Waals surface area contributed by atoms with Crippen LogP contribution in [0.25, 0.3) is 45.0 Å². The molecule has 39 heteroatoms. The third kappa shape index (κ3) is 23.6. The van der Waals surface area contributed by atoms with Gasteiger partial charge in [0.1, 0.15) is 64.1 Å². The fourth-order valence-corrected chi connectivity index (χ4v) is 20.3. The molecule has 0 radical (unpaired) electrons. The molecule has 8 aromatic heterocycles. The number of hydrogen-bond acceptors (Lipinski definition) is 29. The molecule has 742 valence electrons. The molecule has 143 heavy (non-hydrogen) atoms. The van der Waals surface area contributed by atoms with Crippen molar-refractivity contribution in [2.24, 2.45) is 11.5 Å². The van der Waals surface area contributed by atoms with E-state index in [4.69, 9.17) is 43.9 Å². The normalized spacial score (nSPS) is 18.3. The van der Waals surface area contributed by atoms with Gasteiger partial charge in [0, 0.05) is 233 Å². The molecule has 3 amide bonds. The van der Waals surface area contributed by atoms with Gasteiger partial charge in [-0.25, -0.2) is 59.9 Å². The van der Waals surface area contributed by atoms with E-state index in [0.29, 0.717) is 86.6 Å². The Morgan fingerprint density at radius 2 is 0.797 bits per heavy atom. The molecule has 6 atom stereocenters. The second-order valence-electron chi connectivity index (χ2n) is 36.5. The van der Waals surface area contributed by atoms with Crippen LogP contribution in [0, 0.1) is 36.0 Å². The van der Waals surface area contributed by atoms with E-state index in [-0.39, 0.29) is 170 Å². The molecule has 15 heterocycles. The van der Waals surface area contributed by atoms with Gasteiger partial charge < -0.3 is 79.4 Å². The highest BCUT2D eigenvalue weighted by Crippen LogP contribution is 2.38. The van der Waals surface area contributed by atoms with Gasteiger partial charge in [-0.3, -0.25) is 43.9 Å². The maximum Gasteiger partial charge on any atom is 0.407 e. The van der Waals surface area contributed by atoms with Crippen LogP contribution in [0.1, 0.15) is 152 Å². The number of hydrogen-bond donors (Lipinski definition) is 9. The molecular weight excluding hydrogens is 1860 g/mol. The molecule has 0 aliphatic carbocycles. The topological polar surface area (TPSA) is 484 Å². The smallest absolute Gasteiger partial charge is 0.407 e. The lowest BCUT2D eigenvalue weighted by Gasteiger charge is -2.35. The number of carbonyl (C=O) groups excluding carboxylic acids is 7. The number of benzene rings is 4. The predicted octanol–water partition coefficient (Wildman–Crippen LogP) is 13.2. The fraction of sp³-hybridized carbons (Fsp3) is 0.317. The van der Waals surface area contributed by atoms with Crippen LogP contribution in [0.4, 0.5) is 77.0 Å². The lowest BCUT2D eigenvalue weighted by Crippen LogP contribution is -2.49. The fourth-order valence-electron chi connectivity index (χ4n) is 18.8. The van der Waals surface area contributed by atoms with Crippen molar-refractivity contribution in [3.63, 3.8) is 0 Å². The number of anilines is 8. The van der Waals surface area contributed by atoms with E-state index in [9.17, 15) is 63.9 Å². The maximum atomic E-state index is 14.7. The van der Waals surface area contributed by atoms with E-state index in [1.54, 1.807) is 90.3 Å². The minimum atomic E-state index is -3.61. The van der Waals surface area contributed by atoms with Crippen molar-refractivity contribution in [2.45, 2.75) is 152 Å². The molecule has 0 saturated carbocycles. The van der Waals surface area contributed by atoms with Crippen LogP contribution in [0.15, 0.2) is 200 Å². The van der Waals surface area contributed by atoms with Crippen LogP contribution >= 0.6 is 0 Å². The zero-order chi connectivity index (χ0) is 101. The van der Waals surface area contributed by atoms with E-state index in [1.807, 2.05) is 45.0 Å². The first-order valence-corrected chi connectivity index (χ1v) is 48.7. The molecule has 0 bridgehead atoms. The summed E-state index contributed by atoms with van der Waals surface area (Å²) in [4.78, 5) is 132. The summed E-state index contributed by atoms with van der Waals surface area (Å²) >= 11 is 0. The first-order valence-electron chi connectivity index (χ1n) is 47.2. The molecule has 33 nitrogen and oxygen atoms in total. The molecule has 7 fully saturated rings. The number of nitrogens with one attached hydrogen (secondary N) is 3. The van der Waals surface area contributed by atoms with E-state index < -0.39 is 62.9 Å². The molecule has 19 rings (SSSR count). The van der Waals surface area contributed by atoms with Crippen LogP contribution in [-0.2, 0) is 45.2 Å². The van der Waals surface area contributed by atoms with Crippen LogP contribution in [0.2, 0.25) is 0 Å². The van der Waals surface area contributed by atoms with Crippen molar-refractivity contribution in [1.82, 2.24) is 60.1 Å². The molecule has 0 unspecified atom stereocenters. The Kier molecular flexibility index (Phi) is 31.4. The molecular formula is C104H109F5N22O11S. The quantitative estimate of drug-likeness (QED) is 0.0200. The third-order valence-electron chi connectivity index (χ3n) is 26.0. The summed E-state index contributed by atoms with van der Waals surface area (Å²) in [6.45, 7) is 12.2. The number of halogens is 5. The number of amides is 3. The summed E-state index contributed by atoms with van der Waals surface area (Å²) < 4.78 is 110. The van der Waals surface area contributed by atoms with Gasteiger partial charge in [-0.15, -0.1) is 0 Å². The van der Waals surface area contributed by atoms with Crippen molar-refractivity contribution in [1.29, 1.82) is 0 Å². The maximum absolute atomic E-state index is 14.7. The van der Waals surface area contributed by atoms with Gasteiger partial charge in [0.15, 0.2) is 23.1 Å². The molecule has 0 spiro atoms. The average Bonchev–Trinajstić information content (AvgIpc) is 0.894. The van der Waals surface area contributed by atoms with Crippen molar-refractivity contribution in [2.75, 3.05) is 108 Å².